The van der Waals surface area contributed by atoms with Crippen molar-refractivity contribution in [3.05, 3.63) is 42.0 Å². The first-order valence-electron chi connectivity index (χ1n) is 9.17. The van der Waals surface area contributed by atoms with Gasteiger partial charge in [-0.15, -0.1) is 11.3 Å². The van der Waals surface area contributed by atoms with Crippen molar-refractivity contribution in [2.24, 2.45) is 0 Å². The topological polar surface area (TPSA) is 83.9 Å². The number of nitrogens with zero attached hydrogens (tertiary/aromatic N) is 2. The van der Waals surface area contributed by atoms with E-state index >= 15 is 0 Å². The Morgan fingerprint density at radius 2 is 2.21 bits per heavy atom. The van der Waals surface area contributed by atoms with Gasteiger partial charge in [-0.1, -0.05) is 12.1 Å². The molecule has 0 spiro atoms. The van der Waals surface area contributed by atoms with Gasteiger partial charge in [-0.05, 0) is 24.3 Å². The van der Waals surface area contributed by atoms with Crippen molar-refractivity contribution in [1.29, 1.82) is 0 Å². The maximum Gasteiger partial charge on any atom is 0.407 e. The van der Waals surface area contributed by atoms with Gasteiger partial charge in [0.05, 0.1) is 16.8 Å². The van der Waals surface area contributed by atoms with Crippen LogP contribution in [0.5, 0.6) is 11.5 Å². The van der Waals surface area contributed by atoms with E-state index in [9.17, 15) is 9.90 Å². The molecule has 8 heteroatoms. The Hall–Kier alpha value is -2.84. The van der Waals surface area contributed by atoms with Crippen molar-refractivity contribution < 1.29 is 19.4 Å². The van der Waals surface area contributed by atoms with Crippen LogP contribution in [-0.2, 0) is 11.3 Å². The van der Waals surface area contributed by atoms with Crippen molar-refractivity contribution in [2.45, 2.75) is 12.6 Å². The van der Waals surface area contributed by atoms with Crippen LogP contribution >= 0.6 is 11.3 Å². The van der Waals surface area contributed by atoms with Gasteiger partial charge in [0.2, 0.25) is 0 Å². The van der Waals surface area contributed by atoms with Crippen LogP contribution in [0.1, 0.15) is 5.56 Å². The third kappa shape index (κ3) is 3.25. The fourth-order valence-corrected chi connectivity index (χ4v) is 4.60. The first-order valence-corrected chi connectivity index (χ1v) is 9.99. The molecule has 28 heavy (non-hydrogen) atoms. The van der Waals surface area contributed by atoms with Crippen molar-refractivity contribution in [1.82, 2.24) is 15.2 Å². The molecule has 0 bridgehead atoms. The van der Waals surface area contributed by atoms with Gasteiger partial charge >= 0.3 is 6.09 Å². The number of ether oxygens (including phenoxy) is 2. The van der Waals surface area contributed by atoms with Gasteiger partial charge in [-0.25, -0.2) is 9.78 Å². The molecular formula is C20H19N3O4S. The number of rotatable bonds is 3. The summed E-state index contributed by atoms with van der Waals surface area (Å²) in [7, 11) is 0. The standard InChI is InChI=1S/C20H19N3O4S/c24-16-8-12(19-22-15-3-1-2-4-17(15)28-19)7-13-10-23(5-6-26-18(13)16)11-14-9-21-20(25)27-14/h1-4,7-8,14,24H,5-6,9-11H2,(H,21,25). The number of carbonyl (C=O) groups excluding carboxylic acids is 1. The van der Waals surface area contributed by atoms with Gasteiger partial charge in [0, 0.05) is 30.8 Å². The van der Waals surface area contributed by atoms with Crippen LogP contribution in [-0.4, -0.2) is 53.4 Å². The molecule has 7 nitrogen and oxygen atoms in total. The summed E-state index contributed by atoms with van der Waals surface area (Å²) in [6.07, 6.45) is -0.540. The third-order valence-electron chi connectivity index (χ3n) is 4.94. The Morgan fingerprint density at radius 1 is 1.32 bits per heavy atom. The molecule has 1 amide bonds. The molecule has 1 atom stereocenters. The highest BCUT2D eigenvalue weighted by Gasteiger charge is 2.27. The minimum absolute atomic E-state index is 0.127. The SMILES string of the molecule is O=C1NCC(CN2CCOc3c(O)cc(-c4nc5ccccc5s4)cc3C2)O1. The largest absolute Gasteiger partial charge is 0.504 e. The van der Waals surface area contributed by atoms with E-state index < -0.39 is 0 Å². The van der Waals surface area contributed by atoms with Crippen molar-refractivity contribution in [3.63, 3.8) is 0 Å². The van der Waals surface area contributed by atoms with Crippen LogP contribution in [0.2, 0.25) is 0 Å². The maximum absolute atomic E-state index is 11.3. The van der Waals surface area contributed by atoms with E-state index in [0.29, 0.717) is 38.5 Å². The van der Waals surface area contributed by atoms with Gasteiger partial charge in [0.15, 0.2) is 11.5 Å². The van der Waals surface area contributed by atoms with Crippen LogP contribution in [0.4, 0.5) is 4.79 Å². The first kappa shape index (κ1) is 17.3. The number of fused-ring (bicyclic) bond motifs is 2. The minimum atomic E-state index is -0.368. The third-order valence-corrected chi connectivity index (χ3v) is 6.03. The number of benzene rings is 2. The second-order valence-electron chi connectivity index (χ2n) is 6.96. The highest BCUT2D eigenvalue weighted by molar-refractivity contribution is 7.21. The number of thiazole rings is 1. The van der Waals surface area contributed by atoms with Crippen LogP contribution in [0.3, 0.4) is 0 Å². The molecule has 1 aromatic heterocycles. The molecule has 0 aliphatic carbocycles. The molecule has 2 aliphatic heterocycles. The van der Waals surface area contributed by atoms with E-state index in [1.165, 1.54) is 0 Å². The zero-order valence-corrected chi connectivity index (χ0v) is 15.9. The van der Waals surface area contributed by atoms with E-state index in [1.807, 2.05) is 30.3 Å². The fourth-order valence-electron chi connectivity index (χ4n) is 3.65. The summed E-state index contributed by atoms with van der Waals surface area (Å²) in [4.78, 5) is 18.1. The van der Waals surface area contributed by atoms with Crippen molar-refractivity contribution >= 4 is 27.6 Å². The van der Waals surface area contributed by atoms with Gasteiger partial charge in [0.25, 0.3) is 0 Å². The van der Waals surface area contributed by atoms with E-state index in [2.05, 4.69) is 10.2 Å². The highest BCUT2D eigenvalue weighted by Crippen LogP contribution is 2.39. The molecule has 2 N–H and O–H groups in total. The molecule has 144 valence electrons. The lowest BCUT2D eigenvalue weighted by atomic mass is 10.1. The number of aromatic hydroxyl groups is 1. The molecule has 0 saturated carbocycles. The summed E-state index contributed by atoms with van der Waals surface area (Å²) >= 11 is 1.60. The lowest BCUT2D eigenvalue weighted by Gasteiger charge is -2.21. The van der Waals surface area contributed by atoms with Crippen LogP contribution in [0.15, 0.2) is 36.4 Å². The lowest BCUT2D eigenvalue weighted by molar-refractivity contribution is 0.103. The molecular weight excluding hydrogens is 378 g/mol. The fraction of sp³-hybridized carbons (Fsp3) is 0.300. The summed E-state index contributed by atoms with van der Waals surface area (Å²) in [5.41, 5.74) is 2.73. The number of phenols is 1. The quantitative estimate of drug-likeness (QED) is 0.707. The lowest BCUT2D eigenvalue weighted by Crippen LogP contribution is -2.35. The zero-order valence-electron chi connectivity index (χ0n) is 15.1. The number of carbonyl (C=O) groups is 1. The monoisotopic (exact) mass is 397 g/mol. The van der Waals surface area contributed by atoms with E-state index in [1.54, 1.807) is 17.4 Å². The number of para-hydroxylation sites is 1. The van der Waals surface area contributed by atoms with E-state index in [0.717, 1.165) is 26.4 Å². The van der Waals surface area contributed by atoms with E-state index in [4.69, 9.17) is 14.5 Å². The average Bonchev–Trinajstić information content (AvgIpc) is 3.23. The number of cyclic esters (lactones) is 1. The molecule has 5 rings (SSSR count). The van der Waals surface area contributed by atoms with Crippen molar-refractivity contribution in [2.75, 3.05) is 26.2 Å². The Kier molecular flexibility index (Phi) is 4.29. The molecule has 1 saturated heterocycles. The number of aromatic nitrogens is 1. The number of alkyl carbamates (subject to hydrolysis) is 1. The van der Waals surface area contributed by atoms with Gasteiger partial charge in [-0.3, -0.25) is 4.90 Å². The highest BCUT2D eigenvalue weighted by atomic mass is 32.1. The van der Waals surface area contributed by atoms with Crippen LogP contribution < -0.4 is 10.1 Å². The molecule has 2 aliphatic rings. The summed E-state index contributed by atoms with van der Waals surface area (Å²) in [5, 5.41) is 14.1. The molecule has 2 aromatic carbocycles. The number of amides is 1. The smallest absolute Gasteiger partial charge is 0.407 e. The maximum atomic E-state index is 11.3. The Labute approximate surface area is 165 Å². The summed E-state index contributed by atoms with van der Waals surface area (Å²) in [5.74, 6) is 0.650. The zero-order chi connectivity index (χ0) is 19.1. The molecule has 1 unspecified atom stereocenters. The predicted octanol–water partition coefficient (Wildman–Crippen LogP) is 2.97. The van der Waals surface area contributed by atoms with Crippen LogP contribution in [0, 0.1) is 0 Å². The Balaban J connectivity index is 1.45. The Bertz CT molecular complexity index is 1020. The van der Waals surface area contributed by atoms with E-state index in [-0.39, 0.29) is 17.9 Å². The number of hydrogen-bond donors (Lipinski definition) is 2. The number of hydrogen-bond acceptors (Lipinski definition) is 7. The molecule has 1 fully saturated rings. The summed E-state index contributed by atoms with van der Waals surface area (Å²) in [6, 6.07) is 11.7. The molecule has 3 aromatic rings. The number of nitrogens with one attached hydrogen (secondary N) is 1. The minimum Gasteiger partial charge on any atom is -0.504 e. The van der Waals surface area contributed by atoms with Gasteiger partial charge < -0.3 is 19.9 Å². The second-order valence-corrected chi connectivity index (χ2v) is 7.99. The first-order chi connectivity index (χ1) is 13.7. The van der Waals surface area contributed by atoms with Gasteiger partial charge in [0.1, 0.15) is 17.7 Å². The predicted molar refractivity (Wildman–Crippen MR) is 106 cm³/mol. The Morgan fingerprint density at radius 3 is 3.04 bits per heavy atom. The second kappa shape index (κ2) is 6.96. The number of phenolic OH excluding ortho intramolecular Hbond substituents is 1. The van der Waals surface area contributed by atoms with Crippen molar-refractivity contribution in [3.8, 4) is 22.1 Å². The molecule has 3 heterocycles. The van der Waals surface area contributed by atoms with Gasteiger partial charge in [-0.2, -0.15) is 0 Å². The summed E-state index contributed by atoms with van der Waals surface area (Å²) < 4.78 is 12.2. The normalized spacial score (nSPS) is 19.6. The average molecular weight is 397 g/mol. The van der Waals surface area contributed by atoms with Crippen LogP contribution in [0.25, 0.3) is 20.8 Å². The molecule has 0 radical (unpaired) electrons. The summed E-state index contributed by atoms with van der Waals surface area (Å²) in [6.45, 7) is 2.90.